The molecular formula is C11H17F2N3O. The monoisotopic (exact) mass is 245 g/mol. The Kier molecular flexibility index (Phi) is 3.42. The van der Waals surface area contributed by atoms with Crippen LogP contribution in [0.1, 0.15) is 31.5 Å². The molecule has 1 unspecified atom stereocenters. The van der Waals surface area contributed by atoms with Gasteiger partial charge in [0.2, 0.25) is 5.92 Å². The van der Waals surface area contributed by atoms with E-state index in [0.29, 0.717) is 25.1 Å². The Labute approximate surface area is 98.7 Å². The number of aromatic nitrogens is 3. The lowest BCUT2D eigenvalue weighted by Crippen LogP contribution is -2.32. The molecule has 0 aromatic carbocycles. The molecule has 1 fully saturated rings. The van der Waals surface area contributed by atoms with Gasteiger partial charge < -0.3 is 5.11 Å². The summed E-state index contributed by atoms with van der Waals surface area (Å²) in [7, 11) is 1.75. The zero-order chi connectivity index (χ0) is 12.5. The summed E-state index contributed by atoms with van der Waals surface area (Å²) in [4.78, 5) is 4.02. The molecule has 0 amide bonds. The van der Waals surface area contributed by atoms with E-state index in [1.807, 2.05) is 0 Å². The SMILES string of the molecule is Cn1ncnc1CC(O)C1CCC(F)(F)CC1. The largest absolute Gasteiger partial charge is 0.392 e. The van der Waals surface area contributed by atoms with Gasteiger partial charge in [0.1, 0.15) is 12.2 Å². The van der Waals surface area contributed by atoms with Crippen LogP contribution in [0.2, 0.25) is 0 Å². The highest BCUT2D eigenvalue weighted by atomic mass is 19.3. The predicted octanol–water partition coefficient (Wildman–Crippen LogP) is 1.54. The highest BCUT2D eigenvalue weighted by Gasteiger charge is 2.37. The second-order valence-corrected chi connectivity index (χ2v) is 4.76. The second-order valence-electron chi connectivity index (χ2n) is 4.76. The minimum atomic E-state index is -2.54. The molecule has 96 valence electrons. The van der Waals surface area contributed by atoms with Gasteiger partial charge in [0, 0.05) is 26.3 Å². The molecule has 1 aliphatic rings. The van der Waals surface area contributed by atoms with Gasteiger partial charge in [0.25, 0.3) is 0 Å². The van der Waals surface area contributed by atoms with E-state index in [1.165, 1.54) is 6.33 Å². The Bertz CT molecular complexity index is 371. The first-order chi connectivity index (χ1) is 7.98. The molecule has 0 bridgehead atoms. The molecule has 17 heavy (non-hydrogen) atoms. The first kappa shape index (κ1) is 12.4. The lowest BCUT2D eigenvalue weighted by atomic mass is 9.82. The van der Waals surface area contributed by atoms with E-state index in [2.05, 4.69) is 10.1 Å². The normalized spacial score (nSPS) is 22.6. The van der Waals surface area contributed by atoms with Crippen molar-refractivity contribution in [1.82, 2.24) is 14.8 Å². The number of rotatable bonds is 3. The number of alkyl halides is 2. The van der Waals surface area contributed by atoms with Gasteiger partial charge in [-0.2, -0.15) is 5.10 Å². The van der Waals surface area contributed by atoms with Crippen LogP contribution >= 0.6 is 0 Å². The lowest BCUT2D eigenvalue weighted by molar-refractivity contribution is -0.0622. The van der Waals surface area contributed by atoms with Gasteiger partial charge in [-0.1, -0.05) is 0 Å². The Balaban J connectivity index is 1.89. The summed E-state index contributed by atoms with van der Waals surface area (Å²) in [6.07, 6.45) is 1.73. The van der Waals surface area contributed by atoms with Crippen LogP contribution in [0.3, 0.4) is 0 Å². The van der Waals surface area contributed by atoms with E-state index in [4.69, 9.17) is 0 Å². The first-order valence-corrected chi connectivity index (χ1v) is 5.87. The molecule has 2 rings (SSSR count). The van der Waals surface area contributed by atoms with Crippen LogP contribution in [0.5, 0.6) is 0 Å². The number of hydrogen-bond donors (Lipinski definition) is 1. The number of aryl methyl sites for hydroxylation is 1. The van der Waals surface area contributed by atoms with Gasteiger partial charge in [0.15, 0.2) is 0 Å². The maximum absolute atomic E-state index is 13.0. The van der Waals surface area contributed by atoms with Crippen LogP contribution in [0.4, 0.5) is 8.78 Å². The average molecular weight is 245 g/mol. The Morgan fingerprint density at radius 2 is 2.18 bits per heavy atom. The van der Waals surface area contributed by atoms with E-state index in [-0.39, 0.29) is 18.8 Å². The zero-order valence-corrected chi connectivity index (χ0v) is 9.81. The van der Waals surface area contributed by atoms with E-state index >= 15 is 0 Å². The molecule has 1 aliphatic carbocycles. The van der Waals surface area contributed by atoms with Crippen LogP contribution in [-0.2, 0) is 13.5 Å². The van der Waals surface area contributed by atoms with Crippen LogP contribution in [0.25, 0.3) is 0 Å². The van der Waals surface area contributed by atoms with Crippen molar-refractivity contribution in [3.8, 4) is 0 Å². The van der Waals surface area contributed by atoms with Crippen molar-refractivity contribution < 1.29 is 13.9 Å². The highest BCUT2D eigenvalue weighted by Crippen LogP contribution is 2.37. The highest BCUT2D eigenvalue weighted by molar-refractivity contribution is 4.90. The molecule has 0 spiro atoms. The zero-order valence-electron chi connectivity index (χ0n) is 9.81. The van der Waals surface area contributed by atoms with Crippen molar-refractivity contribution in [2.75, 3.05) is 0 Å². The second kappa shape index (κ2) is 4.68. The summed E-state index contributed by atoms with van der Waals surface area (Å²) in [6.45, 7) is 0. The molecule has 0 saturated heterocycles. The van der Waals surface area contributed by atoms with Gasteiger partial charge in [-0.25, -0.2) is 13.8 Å². The van der Waals surface area contributed by atoms with Crippen molar-refractivity contribution in [2.45, 2.75) is 44.1 Å². The molecule has 0 radical (unpaired) electrons. The number of hydrogen-bond acceptors (Lipinski definition) is 3. The number of aliphatic hydroxyl groups excluding tert-OH is 1. The van der Waals surface area contributed by atoms with Crippen molar-refractivity contribution in [3.05, 3.63) is 12.2 Å². The molecule has 0 aliphatic heterocycles. The van der Waals surface area contributed by atoms with Crippen molar-refractivity contribution in [3.63, 3.8) is 0 Å². The third-order valence-electron chi connectivity index (χ3n) is 3.50. The van der Waals surface area contributed by atoms with Gasteiger partial charge >= 0.3 is 0 Å². The predicted molar refractivity (Wildman–Crippen MR) is 57.6 cm³/mol. The third-order valence-corrected chi connectivity index (χ3v) is 3.50. The fraction of sp³-hybridized carbons (Fsp3) is 0.818. The fourth-order valence-corrected chi connectivity index (χ4v) is 2.31. The molecule has 1 N–H and O–H groups in total. The van der Waals surface area contributed by atoms with Crippen molar-refractivity contribution >= 4 is 0 Å². The first-order valence-electron chi connectivity index (χ1n) is 5.87. The number of aliphatic hydroxyl groups is 1. The van der Waals surface area contributed by atoms with Gasteiger partial charge in [-0.3, -0.25) is 4.68 Å². The molecule has 4 nitrogen and oxygen atoms in total. The fourth-order valence-electron chi connectivity index (χ4n) is 2.31. The summed E-state index contributed by atoms with van der Waals surface area (Å²) in [5.74, 6) is -1.90. The molecule has 6 heteroatoms. The minimum absolute atomic E-state index is 0.0497. The number of halogens is 2. The summed E-state index contributed by atoms with van der Waals surface area (Å²) in [5.41, 5.74) is 0. The summed E-state index contributed by atoms with van der Waals surface area (Å²) < 4.78 is 27.5. The standard InChI is InChI=1S/C11H17F2N3O/c1-16-10(14-7-15-16)6-9(17)8-2-4-11(12,13)5-3-8/h7-9,17H,2-6H2,1H3. The minimum Gasteiger partial charge on any atom is -0.392 e. The van der Waals surface area contributed by atoms with Crippen molar-refractivity contribution in [2.24, 2.45) is 13.0 Å². The van der Waals surface area contributed by atoms with E-state index < -0.39 is 12.0 Å². The van der Waals surface area contributed by atoms with Crippen LogP contribution in [-0.4, -0.2) is 31.9 Å². The maximum Gasteiger partial charge on any atom is 0.248 e. The molecule has 1 aromatic rings. The number of nitrogens with zero attached hydrogens (tertiary/aromatic N) is 3. The average Bonchev–Trinajstić information content (AvgIpc) is 2.64. The van der Waals surface area contributed by atoms with Crippen LogP contribution < -0.4 is 0 Å². The molecular weight excluding hydrogens is 228 g/mol. The third kappa shape index (κ3) is 3.00. The van der Waals surface area contributed by atoms with Crippen LogP contribution in [0, 0.1) is 5.92 Å². The lowest BCUT2D eigenvalue weighted by Gasteiger charge is -2.31. The van der Waals surface area contributed by atoms with E-state index in [1.54, 1.807) is 11.7 Å². The summed E-state index contributed by atoms with van der Waals surface area (Å²) >= 11 is 0. The quantitative estimate of drug-likeness (QED) is 0.879. The maximum atomic E-state index is 13.0. The van der Waals surface area contributed by atoms with Crippen molar-refractivity contribution in [1.29, 1.82) is 0 Å². The molecule has 1 heterocycles. The van der Waals surface area contributed by atoms with E-state index in [9.17, 15) is 13.9 Å². The van der Waals surface area contributed by atoms with Crippen LogP contribution in [0.15, 0.2) is 6.33 Å². The molecule has 1 atom stereocenters. The molecule has 1 saturated carbocycles. The summed E-state index contributed by atoms with van der Waals surface area (Å²) in [6, 6.07) is 0. The Hall–Kier alpha value is -1.04. The molecule has 1 aromatic heterocycles. The van der Waals surface area contributed by atoms with Gasteiger partial charge in [-0.05, 0) is 18.8 Å². The summed E-state index contributed by atoms with van der Waals surface area (Å²) in [5, 5.41) is 13.9. The van der Waals surface area contributed by atoms with E-state index in [0.717, 1.165) is 0 Å². The van der Waals surface area contributed by atoms with Gasteiger partial charge in [0.05, 0.1) is 6.10 Å². The smallest absolute Gasteiger partial charge is 0.248 e. The van der Waals surface area contributed by atoms with Gasteiger partial charge in [-0.15, -0.1) is 0 Å². The topological polar surface area (TPSA) is 50.9 Å². The Morgan fingerprint density at radius 1 is 1.53 bits per heavy atom. The Morgan fingerprint density at radius 3 is 2.71 bits per heavy atom.